The van der Waals surface area contributed by atoms with E-state index >= 15 is 0 Å². The number of hydrogen-bond acceptors (Lipinski definition) is 1. The molecule has 0 bridgehead atoms. The standard InChI is InChI=1S/C17H25Cl2N/c1-2-20-14(11-10-13-6-3-4-7-13)12-15-16(18)8-5-9-17(15)19/h5,8-9,13-14,20H,2-4,6-7,10-12H2,1H3. The molecular formula is C17H25Cl2N. The van der Waals surface area contributed by atoms with E-state index in [4.69, 9.17) is 23.2 Å². The third-order valence-electron chi connectivity index (χ3n) is 4.40. The molecule has 1 aliphatic carbocycles. The Morgan fingerprint density at radius 2 is 1.85 bits per heavy atom. The lowest BCUT2D eigenvalue weighted by Gasteiger charge is -2.21. The maximum Gasteiger partial charge on any atom is 0.0453 e. The molecule has 0 saturated heterocycles. The van der Waals surface area contributed by atoms with Crippen molar-refractivity contribution in [2.75, 3.05) is 6.54 Å². The van der Waals surface area contributed by atoms with Gasteiger partial charge in [-0.2, -0.15) is 0 Å². The van der Waals surface area contributed by atoms with E-state index in [0.29, 0.717) is 6.04 Å². The van der Waals surface area contributed by atoms with E-state index in [1.54, 1.807) is 0 Å². The molecule has 0 aliphatic heterocycles. The van der Waals surface area contributed by atoms with E-state index in [9.17, 15) is 0 Å². The highest BCUT2D eigenvalue weighted by Gasteiger charge is 2.18. The predicted molar refractivity (Wildman–Crippen MR) is 88.8 cm³/mol. The fourth-order valence-corrected chi connectivity index (χ4v) is 3.83. The Kier molecular flexibility index (Phi) is 6.67. The highest BCUT2D eigenvalue weighted by molar-refractivity contribution is 6.35. The van der Waals surface area contributed by atoms with Crippen LogP contribution in [0, 0.1) is 5.92 Å². The van der Waals surface area contributed by atoms with Crippen molar-refractivity contribution >= 4 is 23.2 Å². The minimum absolute atomic E-state index is 0.484. The first-order valence-corrected chi connectivity index (χ1v) is 8.62. The van der Waals surface area contributed by atoms with Crippen LogP contribution < -0.4 is 5.32 Å². The minimum Gasteiger partial charge on any atom is -0.314 e. The Bertz CT molecular complexity index is 393. The molecular weight excluding hydrogens is 289 g/mol. The van der Waals surface area contributed by atoms with Crippen molar-refractivity contribution in [2.24, 2.45) is 5.92 Å². The zero-order chi connectivity index (χ0) is 14.4. The van der Waals surface area contributed by atoms with E-state index in [0.717, 1.165) is 34.5 Å². The summed E-state index contributed by atoms with van der Waals surface area (Å²) in [4.78, 5) is 0. The van der Waals surface area contributed by atoms with Gasteiger partial charge >= 0.3 is 0 Å². The summed E-state index contributed by atoms with van der Waals surface area (Å²) in [7, 11) is 0. The second-order valence-corrected chi connectivity index (χ2v) is 6.70. The van der Waals surface area contributed by atoms with Crippen molar-refractivity contribution in [2.45, 2.75) is 57.9 Å². The van der Waals surface area contributed by atoms with Gasteiger partial charge in [-0.05, 0) is 49.4 Å². The molecule has 0 amide bonds. The van der Waals surface area contributed by atoms with Crippen LogP contribution in [0.15, 0.2) is 18.2 Å². The number of rotatable bonds is 7. The highest BCUT2D eigenvalue weighted by atomic mass is 35.5. The molecule has 1 aromatic carbocycles. The van der Waals surface area contributed by atoms with Crippen molar-refractivity contribution in [3.63, 3.8) is 0 Å². The molecule has 3 heteroatoms. The molecule has 1 fully saturated rings. The van der Waals surface area contributed by atoms with Crippen molar-refractivity contribution < 1.29 is 0 Å². The van der Waals surface area contributed by atoms with Gasteiger partial charge in [0.15, 0.2) is 0 Å². The molecule has 1 nitrogen and oxygen atoms in total. The molecule has 1 aromatic rings. The van der Waals surface area contributed by atoms with Crippen LogP contribution in [0.2, 0.25) is 10.0 Å². The molecule has 0 aromatic heterocycles. The van der Waals surface area contributed by atoms with Crippen LogP contribution in [-0.2, 0) is 6.42 Å². The SMILES string of the molecule is CCNC(CCC1CCCC1)Cc1c(Cl)cccc1Cl. The molecule has 0 radical (unpaired) electrons. The fraction of sp³-hybridized carbons (Fsp3) is 0.647. The number of halogens is 2. The van der Waals surface area contributed by atoms with Gasteiger partial charge in [-0.1, -0.05) is 61.9 Å². The predicted octanol–water partition coefficient (Wildman–Crippen LogP) is 5.48. The van der Waals surface area contributed by atoms with Crippen molar-refractivity contribution in [3.8, 4) is 0 Å². The number of hydrogen-bond donors (Lipinski definition) is 1. The second kappa shape index (κ2) is 8.26. The Morgan fingerprint density at radius 1 is 1.20 bits per heavy atom. The van der Waals surface area contributed by atoms with Gasteiger partial charge < -0.3 is 5.32 Å². The number of nitrogens with one attached hydrogen (secondary N) is 1. The maximum absolute atomic E-state index is 6.29. The average molecular weight is 314 g/mol. The Labute approximate surface area is 133 Å². The first-order valence-electron chi connectivity index (χ1n) is 7.87. The molecule has 1 saturated carbocycles. The van der Waals surface area contributed by atoms with Gasteiger partial charge in [-0.25, -0.2) is 0 Å². The Morgan fingerprint density at radius 3 is 2.45 bits per heavy atom. The van der Waals surface area contributed by atoms with Crippen LogP contribution >= 0.6 is 23.2 Å². The summed E-state index contributed by atoms with van der Waals surface area (Å²) in [5.74, 6) is 0.942. The van der Waals surface area contributed by atoms with Crippen molar-refractivity contribution in [1.29, 1.82) is 0 Å². The Hall–Kier alpha value is -0.240. The van der Waals surface area contributed by atoms with Crippen LogP contribution in [0.5, 0.6) is 0 Å². The van der Waals surface area contributed by atoms with E-state index < -0.39 is 0 Å². The molecule has 0 spiro atoms. The van der Waals surface area contributed by atoms with Gasteiger partial charge in [-0.15, -0.1) is 0 Å². The van der Waals surface area contributed by atoms with Crippen LogP contribution in [-0.4, -0.2) is 12.6 Å². The minimum atomic E-state index is 0.484. The topological polar surface area (TPSA) is 12.0 Å². The monoisotopic (exact) mass is 313 g/mol. The van der Waals surface area contributed by atoms with Crippen LogP contribution in [0.25, 0.3) is 0 Å². The molecule has 1 unspecified atom stereocenters. The first kappa shape index (κ1) is 16.1. The van der Waals surface area contributed by atoms with Gasteiger partial charge in [-0.3, -0.25) is 0 Å². The smallest absolute Gasteiger partial charge is 0.0453 e. The molecule has 112 valence electrons. The lowest BCUT2D eigenvalue weighted by molar-refractivity contribution is 0.407. The lowest BCUT2D eigenvalue weighted by Crippen LogP contribution is -2.31. The van der Waals surface area contributed by atoms with Gasteiger partial charge in [0.2, 0.25) is 0 Å². The second-order valence-electron chi connectivity index (χ2n) is 5.89. The summed E-state index contributed by atoms with van der Waals surface area (Å²) in [6, 6.07) is 6.26. The van der Waals surface area contributed by atoms with Gasteiger partial charge in [0.25, 0.3) is 0 Å². The zero-order valence-electron chi connectivity index (χ0n) is 12.3. The number of benzene rings is 1. The van der Waals surface area contributed by atoms with Crippen LogP contribution in [0.1, 0.15) is 51.0 Å². The molecule has 0 heterocycles. The molecule has 2 rings (SSSR count). The normalized spacial score (nSPS) is 17.6. The summed E-state index contributed by atoms with van der Waals surface area (Å²) in [5, 5.41) is 5.18. The highest BCUT2D eigenvalue weighted by Crippen LogP contribution is 2.30. The van der Waals surface area contributed by atoms with E-state index in [1.165, 1.54) is 38.5 Å². The van der Waals surface area contributed by atoms with Gasteiger partial charge in [0.1, 0.15) is 0 Å². The van der Waals surface area contributed by atoms with E-state index in [-0.39, 0.29) is 0 Å². The number of likely N-dealkylation sites (N-methyl/N-ethyl adjacent to an activating group) is 1. The molecule has 1 N–H and O–H groups in total. The van der Waals surface area contributed by atoms with Crippen molar-refractivity contribution in [3.05, 3.63) is 33.8 Å². The zero-order valence-corrected chi connectivity index (χ0v) is 13.8. The molecule has 20 heavy (non-hydrogen) atoms. The first-order chi connectivity index (χ1) is 9.70. The van der Waals surface area contributed by atoms with Gasteiger partial charge in [0.05, 0.1) is 0 Å². The average Bonchev–Trinajstić information content (AvgIpc) is 2.93. The molecule has 1 aliphatic rings. The summed E-state index contributed by atoms with van der Waals surface area (Å²) in [6.07, 6.45) is 9.18. The summed E-state index contributed by atoms with van der Waals surface area (Å²) in [6.45, 7) is 3.16. The van der Waals surface area contributed by atoms with E-state index in [2.05, 4.69) is 12.2 Å². The summed E-state index contributed by atoms with van der Waals surface area (Å²) in [5.41, 5.74) is 1.09. The summed E-state index contributed by atoms with van der Waals surface area (Å²) >= 11 is 12.6. The fourth-order valence-electron chi connectivity index (χ4n) is 3.27. The summed E-state index contributed by atoms with van der Waals surface area (Å²) < 4.78 is 0. The third kappa shape index (κ3) is 4.65. The lowest BCUT2D eigenvalue weighted by atomic mass is 9.95. The van der Waals surface area contributed by atoms with Crippen LogP contribution in [0.4, 0.5) is 0 Å². The third-order valence-corrected chi connectivity index (χ3v) is 5.11. The maximum atomic E-state index is 6.29. The van der Waals surface area contributed by atoms with Crippen molar-refractivity contribution in [1.82, 2.24) is 5.32 Å². The Balaban J connectivity index is 1.93. The van der Waals surface area contributed by atoms with Crippen LogP contribution in [0.3, 0.4) is 0 Å². The largest absolute Gasteiger partial charge is 0.314 e. The van der Waals surface area contributed by atoms with Gasteiger partial charge in [0, 0.05) is 16.1 Å². The molecule has 1 atom stereocenters. The quantitative estimate of drug-likeness (QED) is 0.702. The van der Waals surface area contributed by atoms with E-state index in [1.807, 2.05) is 18.2 Å².